The Labute approximate surface area is 139 Å². The third kappa shape index (κ3) is 9.55. The van der Waals surface area contributed by atoms with Crippen molar-refractivity contribution in [3.8, 4) is 35.5 Å². The van der Waals surface area contributed by atoms with Gasteiger partial charge in [-0.1, -0.05) is 44.7 Å². The van der Waals surface area contributed by atoms with Gasteiger partial charge in [0.25, 0.3) is 0 Å². The van der Waals surface area contributed by atoms with E-state index in [0.717, 1.165) is 0 Å². The topological polar surface area (TPSA) is 38.2 Å². The summed E-state index contributed by atoms with van der Waals surface area (Å²) >= 11 is 0. The number of anilines is 1. The van der Waals surface area contributed by atoms with Gasteiger partial charge in [-0.25, -0.2) is 0 Å². The monoisotopic (exact) mass is 300 g/mol. The van der Waals surface area contributed by atoms with E-state index in [-0.39, 0.29) is 14.4 Å². The molecular weight excluding hydrogens is 268 g/mol. The van der Waals surface area contributed by atoms with Crippen LogP contribution in [0.4, 0.5) is 5.69 Å². The van der Waals surface area contributed by atoms with Crippen molar-refractivity contribution in [2.45, 2.75) is 40.0 Å². The molecule has 22 heavy (non-hydrogen) atoms. The summed E-state index contributed by atoms with van der Waals surface area (Å²) in [6.45, 7) is 10.2. The van der Waals surface area contributed by atoms with Gasteiger partial charge in [0.05, 0.1) is 0 Å². The van der Waals surface area contributed by atoms with E-state index < -0.39 is 0 Å². The zero-order valence-corrected chi connectivity index (χ0v) is 15.0. The lowest BCUT2D eigenvalue weighted by molar-refractivity contribution is 0.590. The molecule has 1 rings (SSSR count). The highest BCUT2D eigenvalue weighted by Gasteiger charge is 2.12. The molecule has 0 bridgehead atoms. The van der Waals surface area contributed by atoms with Crippen LogP contribution in [0.2, 0.25) is 0 Å². The largest absolute Gasteiger partial charge is 0.378 e. The maximum Gasteiger partial charge on any atom is 0.0361 e. The molecule has 0 atom stereocenters. The van der Waals surface area contributed by atoms with Crippen LogP contribution < -0.4 is 11.1 Å². The molecule has 2 heteroatoms. The van der Waals surface area contributed by atoms with E-state index in [1.54, 1.807) is 13.8 Å². The first-order chi connectivity index (χ1) is 9.82. The minimum Gasteiger partial charge on any atom is -0.378 e. The maximum atomic E-state index is 2.64. The lowest BCUT2D eigenvalue weighted by atomic mass is 9.87. The molecule has 0 radical (unpaired) electrons. The molecule has 0 spiro atoms. The Kier molecular flexibility index (Phi) is 11.3. The van der Waals surface area contributed by atoms with E-state index >= 15 is 0 Å². The van der Waals surface area contributed by atoms with Crippen LogP contribution in [0.15, 0.2) is 24.3 Å². The first-order valence-corrected chi connectivity index (χ1v) is 6.94. The van der Waals surface area contributed by atoms with Gasteiger partial charge >= 0.3 is 0 Å². The maximum absolute atomic E-state index is 2.64. The molecule has 2 nitrogen and oxygen atoms in total. The van der Waals surface area contributed by atoms with Crippen molar-refractivity contribution in [3.63, 3.8) is 0 Å². The second kappa shape index (κ2) is 11.3. The standard InChI is InChI=1S/C12H19N.C8H6.H3N.2H2/c1-12(2,3)10-6-8-11(9-7-10)13(4)5;1-3-5-7-8-6-4-2;;;/h6-9H,1-5H3;1-2H3;1H3;2*1H. The number of rotatable bonds is 1. The molecule has 0 aliphatic carbocycles. The van der Waals surface area contributed by atoms with Gasteiger partial charge in [-0.2, -0.15) is 0 Å². The van der Waals surface area contributed by atoms with Gasteiger partial charge in [0, 0.05) is 22.6 Å². The number of nitrogens with zero attached hydrogens (tertiary/aromatic N) is 1. The quantitative estimate of drug-likeness (QED) is 0.761. The Balaban J connectivity index is -0.000000162. The number of benzene rings is 1. The summed E-state index contributed by atoms with van der Waals surface area (Å²) in [6, 6.07) is 8.74. The molecule has 0 aromatic heterocycles. The molecular formula is C20H32N2. The SMILES string of the molecule is CC#CC#CC#CC.CN(C)c1ccc(C(C)(C)C)cc1.N.[HH].[HH]. The van der Waals surface area contributed by atoms with E-state index in [9.17, 15) is 0 Å². The van der Waals surface area contributed by atoms with Crippen LogP contribution in [-0.4, -0.2) is 14.1 Å². The zero-order chi connectivity index (χ0) is 16.3. The first-order valence-electron chi connectivity index (χ1n) is 6.94. The van der Waals surface area contributed by atoms with E-state index in [1.165, 1.54) is 11.3 Å². The van der Waals surface area contributed by atoms with Gasteiger partial charge in [0.15, 0.2) is 0 Å². The second-order valence-corrected chi connectivity index (χ2v) is 5.69. The molecule has 0 fully saturated rings. The predicted molar refractivity (Wildman–Crippen MR) is 103 cm³/mol. The number of hydrogen-bond donors (Lipinski definition) is 1. The average Bonchev–Trinajstić information content (AvgIpc) is 2.43. The molecule has 0 saturated heterocycles. The van der Waals surface area contributed by atoms with Crippen LogP contribution in [0, 0.1) is 35.5 Å². The molecule has 122 valence electrons. The van der Waals surface area contributed by atoms with Crippen molar-refractivity contribution in [1.82, 2.24) is 6.15 Å². The molecule has 1 aromatic carbocycles. The van der Waals surface area contributed by atoms with Crippen molar-refractivity contribution in [1.29, 1.82) is 0 Å². The lowest BCUT2D eigenvalue weighted by Crippen LogP contribution is -2.12. The van der Waals surface area contributed by atoms with E-state index in [0.29, 0.717) is 0 Å². The van der Waals surface area contributed by atoms with E-state index in [2.05, 4.69) is 99.6 Å². The van der Waals surface area contributed by atoms with Crippen LogP contribution in [-0.2, 0) is 5.41 Å². The Hall–Kier alpha value is -2.34. The molecule has 0 amide bonds. The molecule has 1 aromatic rings. The molecule has 0 aliphatic rings. The normalized spacial score (nSPS) is 8.14. The fourth-order valence-electron chi connectivity index (χ4n) is 1.45. The lowest BCUT2D eigenvalue weighted by Gasteiger charge is -2.20. The summed E-state index contributed by atoms with van der Waals surface area (Å²) in [5, 5.41) is 0. The van der Waals surface area contributed by atoms with Crippen molar-refractivity contribution >= 4 is 5.69 Å². The van der Waals surface area contributed by atoms with Gasteiger partial charge in [-0.05, 0) is 60.6 Å². The van der Waals surface area contributed by atoms with Crippen LogP contribution in [0.5, 0.6) is 0 Å². The summed E-state index contributed by atoms with van der Waals surface area (Å²) in [7, 11) is 4.12. The fourth-order valence-corrected chi connectivity index (χ4v) is 1.45. The van der Waals surface area contributed by atoms with Gasteiger partial charge in [-0.3, -0.25) is 0 Å². The summed E-state index contributed by atoms with van der Waals surface area (Å²) in [6.07, 6.45) is 0. The van der Waals surface area contributed by atoms with Crippen molar-refractivity contribution in [3.05, 3.63) is 29.8 Å². The molecule has 3 N–H and O–H groups in total. The highest BCUT2D eigenvalue weighted by atomic mass is 15.1. The van der Waals surface area contributed by atoms with E-state index in [4.69, 9.17) is 0 Å². The average molecular weight is 300 g/mol. The highest BCUT2D eigenvalue weighted by molar-refractivity contribution is 5.47. The van der Waals surface area contributed by atoms with Crippen LogP contribution in [0.3, 0.4) is 0 Å². The molecule has 0 heterocycles. The summed E-state index contributed by atoms with van der Waals surface area (Å²) in [4.78, 5) is 2.12. The van der Waals surface area contributed by atoms with Crippen LogP contribution in [0.1, 0.15) is 43.0 Å². The van der Waals surface area contributed by atoms with Crippen molar-refractivity contribution in [2.24, 2.45) is 0 Å². The summed E-state index contributed by atoms with van der Waals surface area (Å²) in [5.41, 5.74) is 2.90. The second-order valence-electron chi connectivity index (χ2n) is 5.69. The molecule has 0 aliphatic heterocycles. The Morgan fingerprint density at radius 1 is 0.818 bits per heavy atom. The van der Waals surface area contributed by atoms with Gasteiger partial charge in [0.2, 0.25) is 0 Å². The van der Waals surface area contributed by atoms with Crippen molar-refractivity contribution in [2.75, 3.05) is 19.0 Å². The van der Waals surface area contributed by atoms with Crippen molar-refractivity contribution < 1.29 is 2.85 Å². The predicted octanol–water partition coefficient (Wildman–Crippen LogP) is 4.74. The smallest absolute Gasteiger partial charge is 0.0361 e. The first kappa shape index (κ1) is 21.9. The minimum absolute atomic E-state index is 0. The Bertz CT molecular complexity index is 584. The minimum atomic E-state index is 0. The Morgan fingerprint density at radius 3 is 1.50 bits per heavy atom. The fraction of sp³-hybridized carbons (Fsp3) is 0.400. The number of hydrogen-bond acceptors (Lipinski definition) is 2. The van der Waals surface area contributed by atoms with Crippen LogP contribution in [0.25, 0.3) is 0 Å². The van der Waals surface area contributed by atoms with Gasteiger partial charge in [-0.15, -0.1) is 0 Å². The van der Waals surface area contributed by atoms with Gasteiger partial charge < -0.3 is 11.1 Å². The summed E-state index contributed by atoms with van der Waals surface area (Å²) < 4.78 is 0. The van der Waals surface area contributed by atoms with Crippen LogP contribution >= 0.6 is 0 Å². The molecule has 0 unspecified atom stereocenters. The third-order valence-electron chi connectivity index (χ3n) is 2.69. The zero-order valence-electron chi connectivity index (χ0n) is 15.0. The van der Waals surface area contributed by atoms with E-state index in [1.807, 2.05) is 0 Å². The van der Waals surface area contributed by atoms with Gasteiger partial charge in [0.1, 0.15) is 0 Å². The molecule has 0 saturated carbocycles. The highest BCUT2D eigenvalue weighted by Crippen LogP contribution is 2.23. The Morgan fingerprint density at radius 2 is 1.23 bits per heavy atom. The summed E-state index contributed by atoms with van der Waals surface area (Å²) in [5.74, 6) is 15.5. The third-order valence-corrected chi connectivity index (χ3v) is 2.69.